The van der Waals surface area contributed by atoms with Gasteiger partial charge in [-0.05, 0) is 115 Å². The monoisotopic (exact) mass is 997 g/mol. The van der Waals surface area contributed by atoms with E-state index in [1.54, 1.807) is 0 Å². The van der Waals surface area contributed by atoms with Crippen LogP contribution in [0.3, 0.4) is 0 Å². The van der Waals surface area contributed by atoms with E-state index < -0.39 is 122 Å². The van der Waals surface area contributed by atoms with Gasteiger partial charge >= 0.3 is 23.9 Å². The zero-order chi connectivity index (χ0) is 51.5. The lowest BCUT2D eigenvalue weighted by Gasteiger charge is -2.71. The van der Waals surface area contributed by atoms with Gasteiger partial charge in [0.25, 0.3) is 6.29 Å². The maximum atomic E-state index is 14.7. The molecule has 2 aliphatic heterocycles. The molecule has 5 aliphatic carbocycles. The Bertz CT molecular complexity index is 1950. The lowest BCUT2D eigenvalue weighted by atomic mass is 9.33. The molecule has 7 aliphatic rings. The van der Waals surface area contributed by atoms with E-state index in [4.69, 9.17) is 33.2 Å². The molecule has 0 unspecified atom stereocenters. The third kappa shape index (κ3) is 9.49. The van der Waals surface area contributed by atoms with Crippen LogP contribution < -0.4 is 0 Å². The quantitative estimate of drug-likeness (QED) is 0.0309. The fourth-order valence-corrected chi connectivity index (χ4v) is 14.6. The van der Waals surface area contributed by atoms with Crippen molar-refractivity contribution in [3.63, 3.8) is 0 Å². The van der Waals surface area contributed by atoms with E-state index in [1.807, 2.05) is 6.92 Å². The number of aliphatic hydroxyl groups excluding tert-OH is 6. The summed E-state index contributed by atoms with van der Waals surface area (Å²) in [7, 11) is 1.09. The largest absolute Gasteiger partial charge is 0.477 e. The van der Waals surface area contributed by atoms with Gasteiger partial charge in [-0.2, -0.15) is 0 Å². The lowest BCUT2D eigenvalue weighted by molar-refractivity contribution is -0.340. The first-order valence-electron chi connectivity index (χ1n) is 25.4. The second-order valence-electron chi connectivity index (χ2n) is 23.5. The zero-order valence-electron chi connectivity index (χ0n) is 42.4. The summed E-state index contributed by atoms with van der Waals surface area (Å²) < 4.78 is 45.1. The number of ether oxygens (including phenoxy) is 8. The number of carbonyl (C=O) groups is 4. The Labute approximate surface area is 410 Å². The van der Waals surface area contributed by atoms with Crippen molar-refractivity contribution in [3.8, 4) is 0 Å². The average Bonchev–Trinajstić information content (AvgIpc) is 3.30. The summed E-state index contributed by atoms with van der Waals surface area (Å²) in [6.45, 7) is 16.4. The number of fused-ring (bicyclic) bond motifs is 7. The summed E-state index contributed by atoms with van der Waals surface area (Å²) in [5.41, 5.74) is -0.948. The first-order valence-corrected chi connectivity index (χ1v) is 25.4. The second kappa shape index (κ2) is 20.5. The summed E-state index contributed by atoms with van der Waals surface area (Å²) in [4.78, 5) is 52.2. The molecule has 19 atom stereocenters. The molecule has 0 bridgehead atoms. The maximum absolute atomic E-state index is 14.7. The van der Waals surface area contributed by atoms with Gasteiger partial charge in [0.2, 0.25) is 6.29 Å². The lowest BCUT2D eigenvalue weighted by Crippen LogP contribution is -2.66. The predicted molar refractivity (Wildman–Crippen MR) is 245 cm³/mol. The number of aliphatic hydroxyl groups is 6. The average molecular weight is 997 g/mol. The van der Waals surface area contributed by atoms with Crippen molar-refractivity contribution in [1.82, 2.24) is 0 Å². The normalized spacial score (nSPS) is 44.5. The molecule has 19 heteroatoms. The van der Waals surface area contributed by atoms with Crippen LogP contribution in [0, 0.1) is 50.2 Å². The molecule has 2 heterocycles. The van der Waals surface area contributed by atoms with Crippen LogP contribution in [0.1, 0.15) is 132 Å². The number of aliphatic carboxylic acids is 1. The van der Waals surface area contributed by atoms with Crippen molar-refractivity contribution >= 4 is 23.9 Å². The van der Waals surface area contributed by atoms with Gasteiger partial charge in [-0.25, -0.2) is 14.4 Å². The van der Waals surface area contributed by atoms with Crippen LogP contribution in [-0.2, 0) is 57.1 Å². The van der Waals surface area contributed by atoms with Gasteiger partial charge in [0, 0.05) is 0 Å². The molecule has 70 heavy (non-hydrogen) atoms. The molecule has 4 saturated carbocycles. The van der Waals surface area contributed by atoms with Gasteiger partial charge in [0.05, 0.1) is 31.8 Å². The first kappa shape index (κ1) is 54.9. The van der Waals surface area contributed by atoms with Gasteiger partial charge in [0.1, 0.15) is 49.3 Å². The smallest absolute Gasteiger partial charge is 0.361 e. The van der Waals surface area contributed by atoms with Crippen LogP contribution in [0.15, 0.2) is 11.6 Å². The van der Waals surface area contributed by atoms with E-state index in [0.717, 1.165) is 52.1 Å². The minimum absolute atomic E-state index is 0.0326. The van der Waals surface area contributed by atoms with Crippen molar-refractivity contribution in [3.05, 3.63) is 11.6 Å². The Morgan fingerprint density at radius 1 is 0.814 bits per heavy atom. The highest BCUT2D eigenvalue weighted by atomic mass is 16.7. The van der Waals surface area contributed by atoms with E-state index in [-0.39, 0.29) is 46.0 Å². The number of hydrogen-bond donors (Lipinski definition) is 7. The summed E-state index contributed by atoms with van der Waals surface area (Å²) in [6, 6.07) is 0. The van der Waals surface area contributed by atoms with Gasteiger partial charge in [-0.15, -0.1) is 0 Å². The van der Waals surface area contributed by atoms with Gasteiger partial charge < -0.3 is 73.6 Å². The highest BCUT2D eigenvalue weighted by molar-refractivity contribution is 5.79. The highest BCUT2D eigenvalue weighted by Crippen LogP contribution is 2.76. The second-order valence-corrected chi connectivity index (χ2v) is 23.5. The van der Waals surface area contributed by atoms with E-state index in [1.165, 1.54) is 5.57 Å². The third-order valence-electron chi connectivity index (χ3n) is 18.9. The highest BCUT2D eigenvalue weighted by Gasteiger charge is 2.70. The number of allylic oxidation sites excluding steroid dienone is 2. The Morgan fingerprint density at radius 3 is 2.17 bits per heavy atom. The van der Waals surface area contributed by atoms with Crippen LogP contribution in [0.4, 0.5) is 0 Å². The molecule has 6 fully saturated rings. The van der Waals surface area contributed by atoms with E-state index >= 15 is 0 Å². The van der Waals surface area contributed by atoms with Crippen LogP contribution in [-0.4, -0.2) is 160 Å². The summed E-state index contributed by atoms with van der Waals surface area (Å²) in [5, 5.41) is 74.7. The Balaban J connectivity index is 1.13. The predicted octanol–water partition coefficient (Wildman–Crippen LogP) is 3.29. The fourth-order valence-electron chi connectivity index (χ4n) is 14.6. The number of unbranched alkanes of at least 4 members (excludes halogenated alkanes) is 1. The molecule has 0 aromatic rings. The Kier molecular flexibility index (Phi) is 16.1. The summed E-state index contributed by atoms with van der Waals surface area (Å²) >= 11 is 0. The molecule has 0 amide bonds. The van der Waals surface area contributed by atoms with Crippen LogP contribution in [0.2, 0.25) is 0 Å². The van der Waals surface area contributed by atoms with Crippen LogP contribution in [0.25, 0.3) is 0 Å². The summed E-state index contributed by atoms with van der Waals surface area (Å²) in [5.74, 6) is -3.83. The van der Waals surface area contributed by atoms with Crippen molar-refractivity contribution in [1.29, 1.82) is 0 Å². The molecule has 7 N–H and O–H groups in total. The van der Waals surface area contributed by atoms with Crippen LogP contribution in [0.5, 0.6) is 0 Å². The molecule has 0 aromatic heterocycles. The van der Waals surface area contributed by atoms with Crippen molar-refractivity contribution < 1.29 is 92.8 Å². The molecule has 7 rings (SSSR count). The number of hydrogen-bond acceptors (Lipinski definition) is 18. The molecule has 19 nitrogen and oxygen atoms in total. The summed E-state index contributed by atoms with van der Waals surface area (Å²) in [6.07, 6.45) is -8.42. The minimum atomic E-state index is -2.14. The Morgan fingerprint density at radius 2 is 1.51 bits per heavy atom. The standard InChI is InChI=1S/C51H80O19/c1-10-11-22-64-41(61)39-36(57)38(68-44(40(59)60)65-25-32(53)63-9)37(58)43(69-39)67-31-15-16-48(6)29(47(31,4)5)14-17-50(8)30(48)13-12-26-27-23-46(2,3)18-20-51(27,21-19-49(26,50)7)45(62)70-42-35(56)34(55)33(54)28(24-52)66-42/h12,27-31,33-39,42-44,52,54-58H,10-11,13-25H2,1-9H3,(H,59,60)/t27-,28+,29-,30+,31-,33+,34-,35+,36-,37+,38-,39-,42-,43+,44-,48-,49+,50+,51-/m0/s1. The first-order chi connectivity index (χ1) is 32.8. The number of esters is 3. The molecule has 2 saturated heterocycles. The number of carboxylic acids is 1. The molecule has 0 spiro atoms. The maximum Gasteiger partial charge on any atom is 0.361 e. The molecule has 398 valence electrons. The number of carbonyl (C=O) groups excluding carboxylic acids is 3. The van der Waals surface area contributed by atoms with E-state index in [2.05, 4.69) is 59.3 Å². The number of carboxylic acid groups (broad SMARTS) is 1. The molecule has 0 aromatic carbocycles. The fraction of sp³-hybridized carbons (Fsp3) is 0.882. The van der Waals surface area contributed by atoms with Gasteiger partial charge in [-0.3, -0.25) is 4.79 Å². The van der Waals surface area contributed by atoms with Crippen molar-refractivity contribution in [2.24, 2.45) is 50.2 Å². The van der Waals surface area contributed by atoms with Crippen molar-refractivity contribution in [2.75, 3.05) is 26.9 Å². The molecular formula is C51H80O19. The topological polar surface area (TPSA) is 284 Å². The number of methoxy groups -OCH3 is 1. The van der Waals surface area contributed by atoms with E-state index in [0.29, 0.717) is 32.1 Å². The van der Waals surface area contributed by atoms with E-state index in [9.17, 15) is 54.9 Å². The van der Waals surface area contributed by atoms with Crippen LogP contribution >= 0.6 is 0 Å². The van der Waals surface area contributed by atoms with Gasteiger partial charge in [0.15, 0.2) is 12.4 Å². The third-order valence-corrected chi connectivity index (χ3v) is 18.9. The number of rotatable bonds is 15. The zero-order valence-corrected chi connectivity index (χ0v) is 42.4. The Hall–Kier alpha value is -2.82. The minimum Gasteiger partial charge on any atom is -0.477 e. The van der Waals surface area contributed by atoms with Gasteiger partial charge in [-0.1, -0.05) is 73.5 Å². The molecular weight excluding hydrogens is 917 g/mol. The van der Waals surface area contributed by atoms with Crippen molar-refractivity contribution in [2.45, 2.75) is 206 Å². The SMILES string of the molecule is CCCCOC(=O)[C@H]1O[C@@H](O[C@H]2CC[C@]3(C)[C@H]4CC=C5[C@@H]6CC(C)(C)CC[C@]6(C(=O)O[C@@H]6O[C@H](CO)[C@@H](O)[C@H](O)[C@H]6O)CC[C@@]5(C)[C@]4(C)CC[C@H]3C2(C)C)[C@H](O)[C@@H](O[C@H](OCC(=O)OC)C(=O)O)[C@@H]1O. The molecule has 0 radical (unpaired) electrons.